The minimum absolute atomic E-state index is 0.233. The van der Waals surface area contributed by atoms with Crippen molar-refractivity contribution in [1.29, 1.82) is 0 Å². The molecule has 102 valence electrons. The van der Waals surface area contributed by atoms with Crippen molar-refractivity contribution in [3.8, 4) is 0 Å². The lowest BCUT2D eigenvalue weighted by molar-refractivity contribution is -0.122. The van der Waals surface area contributed by atoms with Crippen LogP contribution < -0.4 is 10.6 Å². The van der Waals surface area contributed by atoms with Crippen molar-refractivity contribution >= 4 is 5.91 Å². The van der Waals surface area contributed by atoms with Gasteiger partial charge in [0.05, 0.1) is 0 Å². The fraction of sp³-hybridized carbons (Fsp3) is 0.562. The Morgan fingerprint density at radius 3 is 2.79 bits per heavy atom. The van der Waals surface area contributed by atoms with Crippen LogP contribution in [0.2, 0.25) is 0 Å². The summed E-state index contributed by atoms with van der Waals surface area (Å²) in [6.07, 6.45) is 6.21. The predicted molar refractivity (Wildman–Crippen MR) is 75.9 cm³/mol. The van der Waals surface area contributed by atoms with E-state index in [1.807, 2.05) is 0 Å². The molecule has 2 fully saturated rings. The van der Waals surface area contributed by atoms with Crippen molar-refractivity contribution in [2.75, 3.05) is 0 Å². The van der Waals surface area contributed by atoms with Crippen molar-refractivity contribution in [3.63, 3.8) is 0 Å². The SMILES string of the molecule is O=C1CCCC[C@@H]2N[C@@H](Cc3ccccc3)C[C@H]2N1. The monoisotopic (exact) mass is 258 g/mol. The van der Waals surface area contributed by atoms with E-state index in [0.29, 0.717) is 24.5 Å². The lowest BCUT2D eigenvalue weighted by Crippen LogP contribution is -2.44. The van der Waals surface area contributed by atoms with Gasteiger partial charge in [0.15, 0.2) is 0 Å². The molecule has 0 bridgehead atoms. The van der Waals surface area contributed by atoms with Crippen LogP contribution in [0.5, 0.6) is 0 Å². The summed E-state index contributed by atoms with van der Waals surface area (Å²) < 4.78 is 0. The summed E-state index contributed by atoms with van der Waals surface area (Å²) in [6, 6.07) is 11.9. The third kappa shape index (κ3) is 3.16. The van der Waals surface area contributed by atoms with Crippen LogP contribution in [0.1, 0.15) is 37.7 Å². The maximum absolute atomic E-state index is 11.7. The molecule has 2 N–H and O–H groups in total. The summed E-state index contributed by atoms with van der Waals surface area (Å²) in [5.41, 5.74) is 1.38. The number of benzene rings is 1. The van der Waals surface area contributed by atoms with Crippen LogP contribution in [0.15, 0.2) is 30.3 Å². The largest absolute Gasteiger partial charge is 0.352 e. The van der Waals surface area contributed by atoms with Gasteiger partial charge in [-0.05, 0) is 31.2 Å². The standard InChI is InChI=1S/C16H22N2O/c19-16-9-5-4-8-14-15(18-16)11-13(17-14)10-12-6-2-1-3-7-12/h1-3,6-7,13-15,17H,4-5,8-11H2,(H,18,19)/t13-,14-,15+/m0/s1. The van der Waals surface area contributed by atoms with Crippen LogP contribution in [0.4, 0.5) is 0 Å². The zero-order valence-corrected chi connectivity index (χ0v) is 11.3. The fourth-order valence-corrected chi connectivity index (χ4v) is 3.37. The normalized spacial score (nSPS) is 31.2. The number of hydrogen-bond acceptors (Lipinski definition) is 2. The molecule has 0 saturated carbocycles. The van der Waals surface area contributed by atoms with Gasteiger partial charge in [0.2, 0.25) is 5.91 Å². The molecule has 3 atom stereocenters. The Bertz CT molecular complexity index is 432. The summed E-state index contributed by atoms with van der Waals surface area (Å²) in [6.45, 7) is 0. The Hall–Kier alpha value is -1.35. The minimum Gasteiger partial charge on any atom is -0.352 e. The molecular formula is C16H22N2O. The number of amides is 1. The van der Waals surface area contributed by atoms with Gasteiger partial charge in [0.1, 0.15) is 0 Å². The van der Waals surface area contributed by atoms with Gasteiger partial charge in [0.25, 0.3) is 0 Å². The Kier molecular flexibility index (Phi) is 3.83. The van der Waals surface area contributed by atoms with Crippen molar-refractivity contribution in [1.82, 2.24) is 10.6 Å². The molecule has 1 amide bonds. The van der Waals surface area contributed by atoms with Crippen molar-refractivity contribution in [2.24, 2.45) is 0 Å². The van der Waals surface area contributed by atoms with Gasteiger partial charge < -0.3 is 10.6 Å². The average Bonchev–Trinajstić information content (AvgIpc) is 2.75. The second kappa shape index (κ2) is 5.74. The molecule has 1 aromatic carbocycles. The Labute approximate surface area is 114 Å². The number of fused-ring (bicyclic) bond motifs is 1. The topological polar surface area (TPSA) is 41.1 Å². The molecule has 0 spiro atoms. The molecule has 2 aliphatic heterocycles. The molecular weight excluding hydrogens is 236 g/mol. The Balaban J connectivity index is 1.63. The highest BCUT2D eigenvalue weighted by molar-refractivity contribution is 5.76. The van der Waals surface area contributed by atoms with Crippen LogP contribution in [0.3, 0.4) is 0 Å². The Morgan fingerprint density at radius 2 is 1.95 bits per heavy atom. The lowest BCUT2D eigenvalue weighted by atomic mass is 9.98. The molecule has 1 aromatic rings. The molecule has 3 heteroatoms. The van der Waals surface area contributed by atoms with Gasteiger partial charge in [-0.25, -0.2) is 0 Å². The molecule has 2 aliphatic rings. The Morgan fingerprint density at radius 1 is 1.11 bits per heavy atom. The lowest BCUT2D eigenvalue weighted by Gasteiger charge is -2.23. The van der Waals surface area contributed by atoms with Gasteiger partial charge in [-0.2, -0.15) is 0 Å². The van der Waals surface area contributed by atoms with Crippen molar-refractivity contribution in [3.05, 3.63) is 35.9 Å². The number of rotatable bonds is 2. The molecule has 19 heavy (non-hydrogen) atoms. The zero-order valence-electron chi connectivity index (χ0n) is 11.3. The number of carbonyl (C=O) groups excluding carboxylic acids is 1. The quantitative estimate of drug-likeness (QED) is 0.852. The first-order chi connectivity index (χ1) is 9.31. The fourth-order valence-electron chi connectivity index (χ4n) is 3.37. The molecule has 2 saturated heterocycles. The predicted octanol–water partition coefficient (Wildman–Crippen LogP) is 2.02. The van der Waals surface area contributed by atoms with Crippen LogP contribution >= 0.6 is 0 Å². The number of hydrogen-bond donors (Lipinski definition) is 2. The zero-order chi connectivity index (χ0) is 13.1. The van der Waals surface area contributed by atoms with E-state index < -0.39 is 0 Å². The summed E-state index contributed by atoms with van der Waals surface area (Å²) >= 11 is 0. The maximum Gasteiger partial charge on any atom is 0.220 e. The maximum atomic E-state index is 11.7. The highest BCUT2D eigenvalue weighted by atomic mass is 16.1. The number of carbonyl (C=O) groups is 1. The van der Waals surface area contributed by atoms with Crippen LogP contribution in [0, 0.1) is 0 Å². The smallest absolute Gasteiger partial charge is 0.220 e. The van der Waals surface area contributed by atoms with E-state index in [0.717, 1.165) is 19.3 Å². The van der Waals surface area contributed by atoms with Gasteiger partial charge in [-0.15, -0.1) is 0 Å². The summed E-state index contributed by atoms with van der Waals surface area (Å²) in [5.74, 6) is 0.233. The third-order valence-electron chi connectivity index (χ3n) is 4.31. The molecule has 3 nitrogen and oxygen atoms in total. The third-order valence-corrected chi connectivity index (χ3v) is 4.31. The van der Waals surface area contributed by atoms with Crippen LogP contribution in [-0.2, 0) is 11.2 Å². The van der Waals surface area contributed by atoms with Crippen molar-refractivity contribution in [2.45, 2.75) is 56.7 Å². The first kappa shape index (κ1) is 12.7. The minimum atomic E-state index is 0.233. The molecule has 0 aromatic heterocycles. The van der Waals surface area contributed by atoms with E-state index in [1.54, 1.807) is 0 Å². The average molecular weight is 258 g/mol. The first-order valence-corrected chi connectivity index (χ1v) is 7.40. The van der Waals surface area contributed by atoms with E-state index in [4.69, 9.17) is 0 Å². The number of nitrogens with one attached hydrogen (secondary N) is 2. The highest BCUT2D eigenvalue weighted by Crippen LogP contribution is 2.23. The van der Waals surface area contributed by atoms with Gasteiger partial charge >= 0.3 is 0 Å². The molecule has 0 unspecified atom stereocenters. The summed E-state index contributed by atoms with van der Waals surface area (Å²) in [4.78, 5) is 11.7. The summed E-state index contributed by atoms with van der Waals surface area (Å²) in [5, 5.41) is 6.91. The molecule has 2 heterocycles. The van der Waals surface area contributed by atoms with E-state index >= 15 is 0 Å². The summed E-state index contributed by atoms with van der Waals surface area (Å²) in [7, 11) is 0. The van der Waals surface area contributed by atoms with E-state index in [2.05, 4.69) is 41.0 Å². The second-order valence-electron chi connectivity index (χ2n) is 5.82. The van der Waals surface area contributed by atoms with Crippen molar-refractivity contribution < 1.29 is 4.79 Å². The van der Waals surface area contributed by atoms with Gasteiger partial charge in [0, 0.05) is 24.5 Å². The highest BCUT2D eigenvalue weighted by Gasteiger charge is 2.34. The van der Waals surface area contributed by atoms with Gasteiger partial charge in [-0.3, -0.25) is 4.79 Å². The van der Waals surface area contributed by atoms with Gasteiger partial charge in [-0.1, -0.05) is 36.8 Å². The van der Waals surface area contributed by atoms with E-state index in [9.17, 15) is 4.79 Å². The van der Waals surface area contributed by atoms with E-state index in [-0.39, 0.29) is 5.91 Å². The first-order valence-electron chi connectivity index (χ1n) is 7.40. The van der Waals surface area contributed by atoms with Crippen LogP contribution in [-0.4, -0.2) is 24.0 Å². The molecule has 3 rings (SSSR count). The van der Waals surface area contributed by atoms with E-state index in [1.165, 1.54) is 18.4 Å². The van der Waals surface area contributed by atoms with Crippen LogP contribution in [0.25, 0.3) is 0 Å². The second-order valence-corrected chi connectivity index (χ2v) is 5.82. The molecule has 0 radical (unpaired) electrons. The molecule has 0 aliphatic carbocycles.